The molecule has 0 saturated heterocycles. The summed E-state index contributed by atoms with van der Waals surface area (Å²) in [5.41, 5.74) is 1.06. The summed E-state index contributed by atoms with van der Waals surface area (Å²) >= 11 is 0. The molecule has 1 aromatic rings. The highest BCUT2D eigenvalue weighted by Gasteiger charge is 2.32. The highest BCUT2D eigenvalue weighted by molar-refractivity contribution is 5.52. The third-order valence-electron chi connectivity index (χ3n) is 4.95. The van der Waals surface area contributed by atoms with Crippen LogP contribution in [0.25, 0.3) is 0 Å². The van der Waals surface area contributed by atoms with Gasteiger partial charge in [0.1, 0.15) is 0 Å². The molecular weight excluding hydrogens is 248 g/mol. The summed E-state index contributed by atoms with van der Waals surface area (Å²) in [5.74, 6) is 2.70. The lowest BCUT2D eigenvalue weighted by Crippen LogP contribution is -2.34. The van der Waals surface area contributed by atoms with Gasteiger partial charge in [-0.3, -0.25) is 0 Å². The molecule has 1 aromatic heterocycles. The maximum Gasteiger partial charge on any atom is 0.237 e. The smallest absolute Gasteiger partial charge is 0.237 e. The van der Waals surface area contributed by atoms with Crippen LogP contribution < -0.4 is 10.1 Å². The zero-order chi connectivity index (χ0) is 13.8. The zero-order valence-electron chi connectivity index (χ0n) is 12.5. The van der Waals surface area contributed by atoms with Crippen LogP contribution in [-0.2, 0) is 0 Å². The van der Waals surface area contributed by atoms with E-state index >= 15 is 0 Å². The number of anilines is 1. The average Bonchev–Trinajstić information content (AvgIpc) is 2.49. The number of hydrogen-bond acceptors (Lipinski definition) is 3. The summed E-state index contributed by atoms with van der Waals surface area (Å²) in [7, 11) is 0. The monoisotopic (exact) mass is 274 g/mol. The molecule has 0 spiro atoms. The molecule has 0 radical (unpaired) electrons. The summed E-state index contributed by atoms with van der Waals surface area (Å²) in [6.07, 6.45) is 11.6. The van der Waals surface area contributed by atoms with E-state index in [9.17, 15) is 0 Å². The molecule has 1 heterocycles. The van der Waals surface area contributed by atoms with E-state index in [1.807, 2.05) is 13.0 Å². The van der Waals surface area contributed by atoms with E-state index in [-0.39, 0.29) is 0 Å². The van der Waals surface area contributed by atoms with Crippen LogP contribution in [0.15, 0.2) is 18.3 Å². The Kier molecular flexibility index (Phi) is 4.44. The maximum atomic E-state index is 5.61. The van der Waals surface area contributed by atoms with Crippen LogP contribution >= 0.6 is 0 Å². The van der Waals surface area contributed by atoms with Gasteiger partial charge in [-0.2, -0.15) is 0 Å². The molecule has 3 atom stereocenters. The van der Waals surface area contributed by atoms with Gasteiger partial charge in [0.15, 0.2) is 0 Å². The van der Waals surface area contributed by atoms with Crippen LogP contribution in [-0.4, -0.2) is 17.6 Å². The van der Waals surface area contributed by atoms with E-state index in [1.54, 1.807) is 6.20 Å². The number of aromatic nitrogens is 1. The average molecular weight is 274 g/mol. The number of rotatable bonds is 4. The van der Waals surface area contributed by atoms with Gasteiger partial charge in [0.2, 0.25) is 5.88 Å². The zero-order valence-corrected chi connectivity index (χ0v) is 12.5. The van der Waals surface area contributed by atoms with E-state index < -0.39 is 0 Å². The Morgan fingerprint density at radius 2 is 2.05 bits per heavy atom. The Balaban J connectivity index is 1.63. The predicted octanol–water partition coefficient (Wildman–Crippen LogP) is 4.25. The van der Waals surface area contributed by atoms with Crippen molar-refractivity contribution in [1.29, 1.82) is 0 Å². The minimum absolute atomic E-state index is 0.595. The van der Waals surface area contributed by atoms with Crippen LogP contribution in [0.2, 0.25) is 0 Å². The Hall–Kier alpha value is -1.25. The first-order valence-electron chi connectivity index (χ1n) is 8.21. The quantitative estimate of drug-likeness (QED) is 0.891. The van der Waals surface area contributed by atoms with Crippen molar-refractivity contribution in [1.82, 2.24) is 4.98 Å². The van der Waals surface area contributed by atoms with Crippen molar-refractivity contribution in [3.8, 4) is 5.88 Å². The number of fused-ring (bicyclic) bond motifs is 1. The van der Waals surface area contributed by atoms with Crippen molar-refractivity contribution in [2.24, 2.45) is 11.8 Å². The van der Waals surface area contributed by atoms with Gasteiger partial charge in [0, 0.05) is 12.2 Å². The molecule has 3 nitrogen and oxygen atoms in total. The third-order valence-corrected chi connectivity index (χ3v) is 4.95. The maximum absolute atomic E-state index is 5.61. The second-order valence-corrected chi connectivity index (χ2v) is 6.25. The normalized spacial score (nSPS) is 29.6. The van der Waals surface area contributed by atoms with Gasteiger partial charge in [-0.1, -0.05) is 25.7 Å². The van der Waals surface area contributed by atoms with Gasteiger partial charge in [-0.05, 0) is 50.2 Å². The topological polar surface area (TPSA) is 34.1 Å². The molecule has 20 heavy (non-hydrogen) atoms. The first-order chi connectivity index (χ1) is 9.86. The largest absolute Gasteiger partial charge is 0.476 e. The first-order valence-corrected chi connectivity index (χ1v) is 8.21. The molecule has 2 fully saturated rings. The molecule has 2 saturated carbocycles. The lowest BCUT2D eigenvalue weighted by atomic mass is 9.69. The molecule has 1 N–H and O–H groups in total. The third kappa shape index (κ3) is 3.08. The summed E-state index contributed by atoms with van der Waals surface area (Å²) in [6, 6.07) is 4.67. The first kappa shape index (κ1) is 13.7. The predicted molar refractivity (Wildman–Crippen MR) is 82.1 cm³/mol. The number of ether oxygens (including phenoxy) is 1. The Morgan fingerprint density at radius 3 is 2.90 bits per heavy atom. The van der Waals surface area contributed by atoms with Crippen LogP contribution in [0.3, 0.4) is 0 Å². The van der Waals surface area contributed by atoms with Crippen LogP contribution in [0, 0.1) is 11.8 Å². The molecule has 0 aromatic carbocycles. The lowest BCUT2D eigenvalue weighted by Gasteiger charge is -2.39. The van der Waals surface area contributed by atoms with Gasteiger partial charge in [-0.15, -0.1) is 0 Å². The molecule has 3 unspecified atom stereocenters. The number of hydrogen-bond donors (Lipinski definition) is 1. The second-order valence-electron chi connectivity index (χ2n) is 6.25. The minimum atomic E-state index is 0.595. The lowest BCUT2D eigenvalue weighted by molar-refractivity contribution is 0.162. The van der Waals surface area contributed by atoms with Crippen LogP contribution in [0.4, 0.5) is 5.69 Å². The minimum Gasteiger partial charge on any atom is -0.476 e. The van der Waals surface area contributed by atoms with Crippen molar-refractivity contribution in [2.75, 3.05) is 11.9 Å². The van der Waals surface area contributed by atoms with Crippen molar-refractivity contribution in [3.63, 3.8) is 0 Å². The Labute approximate surface area is 122 Å². The summed E-state index contributed by atoms with van der Waals surface area (Å²) < 4.78 is 5.61. The van der Waals surface area contributed by atoms with Crippen molar-refractivity contribution >= 4 is 5.69 Å². The highest BCUT2D eigenvalue weighted by Crippen LogP contribution is 2.41. The van der Waals surface area contributed by atoms with E-state index in [1.165, 1.54) is 44.9 Å². The summed E-state index contributed by atoms with van der Waals surface area (Å²) in [4.78, 5) is 4.33. The second kappa shape index (κ2) is 6.47. The van der Waals surface area contributed by atoms with Crippen LogP contribution in [0.1, 0.15) is 51.9 Å². The highest BCUT2D eigenvalue weighted by atomic mass is 16.5. The van der Waals surface area contributed by atoms with E-state index in [2.05, 4.69) is 16.4 Å². The molecule has 3 rings (SSSR count). The molecule has 0 bridgehead atoms. The van der Waals surface area contributed by atoms with Gasteiger partial charge >= 0.3 is 0 Å². The van der Waals surface area contributed by atoms with Crippen molar-refractivity contribution in [2.45, 2.75) is 57.9 Å². The molecule has 2 aliphatic rings. The molecule has 110 valence electrons. The molecule has 2 aliphatic carbocycles. The fourth-order valence-corrected chi connectivity index (χ4v) is 3.98. The standard InChI is InChI=1S/C17H26N2O/c1-2-20-17-16(8-5-11-18-17)19-15-10-9-13-6-3-4-7-14(13)12-15/h5,8,11,13-15,19H,2-4,6-7,9-10,12H2,1H3. The van der Waals surface area contributed by atoms with Gasteiger partial charge in [0.05, 0.1) is 12.3 Å². The molecule has 0 amide bonds. The van der Waals surface area contributed by atoms with E-state index in [4.69, 9.17) is 4.74 Å². The van der Waals surface area contributed by atoms with Gasteiger partial charge in [0.25, 0.3) is 0 Å². The number of nitrogens with zero attached hydrogens (tertiary/aromatic N) is 1. The van der Waals surface area contributed by atoms with Crippen LogP contribution in [0.5, 0.6) is 5.88 Å². The number of nitrogens with one attached hydrogen (secondary N) is 1. The SMILES string of the molecule is CCOc1ncccc1NC1CCC2CCCCC2C1. The summed E-state index contributed by atoms with van der Waals surface area (Å²) in [6.45, 7) is 2.67. The molecule has 0 aliphatic heterocycles. The Bertz CT molecular complexity index is 435. The van der Waals surface area contributed by atoms with E-state index in [0.717, 1.165) is 23.4 Å². The Morgan fingerprint density at radius 1 is 1.20 bits per heavy atom. The van der Waals surface area contributed by atoms with E-state index in [0.29, 0.717) is 12.6 Å². The molecule has 3 heteroatoms. The fraction of sp³-hybridized carbons (Fsp3) is 0.706. The van der Waals surface area contributed by atoms with Crippen molar-refractivity contribution < 1.29 is 4.74 Å². The fourth-order valence-electron chi connectivity index (χ4n) is 3.98. The van der Waals surface area contributed by atoms with Gasteiger partial charge < -0.3 is 10.1 Å². The van der Waals surface area contributed by atoms with Gasteiger partial charge in [-0.25, -0.2) is 4.98 Å². The molecular formula is C17H26N2O. The summed E-state index contributed by atoms with van der Waals surface area (Å²) in [5, 5.41) is 3.68. The van der Waals surface area contributed by atoms with Crippen molar-refractivity contribution in [3.05, 3.63) is 18.3 Å². The number of pyridine rings is 1.